The third-order valence-corrected chi connectivity index (χ3v) is 7.03. The summed E-state index contributed by atoms with van der Waals surface area (Å²) < 4.78 is 1.85. The van der Waals surface area contributed by atoms with Crippen LogP contribution in [0.3, 0.4) is 0 Å². The van der Waals surface area contributed by atoms with Crippen molar-refractivity contribution in [2.45, 2.75) is 31.8 Å². The molecule has 2 aromatic heterocycles. The highest BCUT2D eigenvalue weighted by Crippen LogP contribution is 2.43. The molecule has 2 aromatic rings. The molecular weight excluding hydrogens is 472 g/mol. The van der Waals surface area contributed by atoms with Crippen LogP contribution >= 0.6 is 28.6 Å². The summed E-state index contributed by atoms with van der Waals surface area (Å²) in [5.74, 6) is 0.620. The molecule has 9 heteroatoms. The zero-order chi connectivity index (χ0) is 20.4. The van der Waals surface area contributed by atoms with Crippen LogP contribution in [0.1, 0.15) is 36.2 Å². The fraction of sp³-hybridized carbons (Fsp3) is 0.476. The van der Waals surface area contributed by atoms with E-state index in [1.165, 1.54) is 12.4 Å². The molecule has 5 rings (SSSR count). The average Bonchev–Trinajstić information content (AvgIpc) is 3.43. The summed E-state index contributed by atoms with van der Waals surface area (Å²) >= 11 is 6.81. The number of hydrogen-bond acceptors (Lipinski definition) is 5. The molecule has 0 amide bonds. The van der Waals surface area contributed by atoms with Crippen molar-refractivity contribution in [3.8, 4) is 0 Å². The summed E-state index contributed by atoms with van der Waals surface area (Å²) in [5, 5.41) is 10.1. The van der Waals surface area contributed by atoms with E-state index in [1.807, 2.05) is 4.57 Å². The van der Waals surface area contributed by atoms with Crippen molar-refractivity contribution in [1.29, 1.82) is 0 Å². The number of aromatic nitrogens is 2. The zero-order valence-electron chi connectivity index (χ0n) is 16.5. The van der Waals surface area contributed by atoms with E-state index in [2.05, 4.69) is 29.0 Å². The molecule has 160 valence electrons. The van der Waals surface area contributed by atoms with Crippen molar-refractivity contribution in [3.63, 3.8) is 0 Å². The number of anilines is 1. The third-order valence-electron chi connectivity index (χ3n) is 6.68. The monoisotopic (exact) mass is 494 g/mol. The van der Waals surface area contributed by atoms with Crippen molar-refractivity contribution in [3.05, 3.63) is 45.4 Å². The Hall–Kier alpha value is -1.90. The number of nitrogens with two attached hydrogens (primary N) is 1. The molecule has 1 saturated carbocycles. The Bertz CT molecular complexity index is 1090. The second-order valence-corrected chi connectivity index (χ2v) is 8.91. The molecule has 3 aliphatic rings. The minimum Gasteiger partial charge on any atom is -0.477 e. The standard InChI is InChI=1S/C21H23ClN4O3.BrH/c1-10-2-5-16(23)14-8-25(7-13(10)14)20-17(22)18-12(6-24-20)19(27)15(21(28)29)9-26(18)11-3-4-11;/h2,5-6,9-11,13-14,16H,3-4,7-8,23H2,1H3,(H,28,29);1H/t10-,13-,14-,16+;/m0./s1. The molecule has 30 heavy (non-hydrogen) atoms. The maximum absolute atomic E-state index is 12.7. The summed E-state index contributed by atoms with van der Waals surface area (Å²) in [4.78, 5) is 30.9. The van der Waals surface area contributed by atoms with Crippen LogP contribution in [0.25, 0.3) is 10.9 Å². The SMILES string of the molecule is Br.C[C@H]1C=C[C@@H](N)[C@H]2CN(c3ncc4c(=O)c(C(=O)O)cn(C5CC5)c4c3Cl)C[C@H]21. The third kappa shape index (κ3) is 3.25. The van der Waals surface area contributed by atoms with Crippen molar-refractivity contribution in [2.24, 2.45) is 23.5 Å². The van der Waals surface area contributed by atoms with Gasteiger partial charge >= 0.3 is 5.97 Å². The van der Waals surface area contributed by atoms with E-state index in [1.54, 1.807) is 0 Å². The van der Waals surface area contributed by atoms with E-state index in [0.717, 1.165) is 25.9 Å². The minimum atomic E-state index is -1.23. The highest BCUT2D eigenvalue weighted by Gasteiger charge is 2.41. The lowest BCUT2D eigenvalue weighted by molar-refractivity contribution is 0.0695. The number of carboxylic acid groups (broad SMARTS) is 1. The molecule has 0 bridgehead atoms. The van der Waals surface area contributed by atoms with Gasteiger partial charge in [0.05, 0.1) is 10.9 Å². The number of hydrogen-bond donors (Lipinski definition) is 2. The van der Waals surface area contributed by atoms with Gasteiger partial charge in [0, 0.05) is 43.5 Å². The summed E-state index contributed by atoms with van der Waals surface area (Å²) in [6.07, 6.45) is 9.07. The molecule has 0 unspecified atom stereocenters. The lowest BCUT2D eigenvalue weighted by Gasteiger charge is -2.30. The van der Waals surface area contributed by atoms with Crippen molar-refractivity contribution < 1.29 is 9.90 Å². The van der Waals surface area contributed by atoms with E-state index in [4.69, 9.17) is 17.3 Å². The molecule has 3 N–H and O–H groups in total. The average molecular weight is 496 g/mol. The summed E-state index contributed by atoms with van der Waals surface area (Å²) in [7, 11) is 0. The Morgan fingerprint density at radius 2 is 1.97 bits per heavy atom. The number of allylic oxidation sites excluding steroid dienone is 1. The van der Waals surface area contributed by atoms with Crippen molar-refractivity contribution in [2.75, 3.05) is 18.0 Å². The van der Waals surface area contributed by atoms with Gasteiger partial charge in [0.2, 0.25) is 5.43 Å². The fourth-order valence-electron chi connectivity index (χ4n) is 4.89. The number of nitrogens with zero attached hydrogens (tertiary/aromatic N) is 3. The Morgan fingerprint density at radius 1 is 1.27 bits per heavy atom. The van der Waals surface area contributed by atoms with Crippen LogP contribution < -0.4 is 16.1 Å². The van der Waals surface area contributed by atoms with E-state index < -0.39 is 11.4 Å². The van der Waals surface area contributed by atoms with Gasteiger partial charge in [-0.25, -0.2) is 9.78 Å². The molecule has 1 aliphatic heterocycles. The quantitative estimate of drug-likeness (QED) is 0.634. The van der Waals surface area contributed by atoms with Crippen LogP contribution in [-0.4, -0.2) is 39.8 Å². The number of pyridine rings is 2. The maximum Gasteiger partial charge on any atom is 0.341 e. The summed E-state index contributed by atoms with van der Waals surface area (Å²) in [6.45, 7) is 3.78. The number of halogens is 2. The topological polar surface area (TPSA) is 101 Å². The zero-order valence-corrected chi connectivity index (χ0v) is 19.0. The predicted molar refractivity (Wildman–Crippen MR) is 122 cm³/mol. The van der Waals surface area contributed by atoms with E-state index >= 15 is 0 Å². The predicted octanol–water partition coefficient (Wildman–Crippen LogP) is 3.25. The van der Waals surface area contributed by atoms with E-state index in [-0.39, 0.29) is 40.0 Å². The van der Waals surface area contributed by atoms with E-state index in [0.29, 0.717) is 34.1 Å². The van der Waals surface area contributed by atoms with Crippen LogP contribution in [0.2, 0.25) is 5.02 Å². The van der Waals surface area contributed by atoms with Gasteiger partial charge in [-0.1, -0.05) is 30.7 Å². The number of rotatable bonds is 3. The number of carboxylic acids is 1. The van der Waals surface area contributed by atoms with Gasteiger partial charge in [-0.2, -0.15) is 0 Å². The molecule has 0 spiro atoms. The fourth-order valence-corrected chi connectivity index (χ4v) is 5.25. The van der Waals surface area contributed by atoms with Gasteiger partial charge < -0.3 is 20.3 Å². The molecule has 3 heterocycles. The van der Waals surface area contributed by atoms with Crippen LogP contribution in [-0.2, 0) is 0 Å². The van der Waals surface area contributed by atoms with Crippen LogP contribution in [0, 0.1) is 17.8 Å². The molecule has 4 atom stereocenters. The molecular formula is C21H24BrClN4O3. The summed E-state index contributed by atoms with van der Waals surface area (Å²) in [6, 6.07) is 0.186. The molecule has 2 aliphatic carbocycles. The Balaban J connectivity index is 0.00000218. The van der Waals surface area contributed by atoms with Crippen molar-refractivity contribution >= 4 is 51.3 Å². The second kappa shape index (κ2) is 7.66. The Kier molecular flexibility index (Phi) is 5.45. The molecule has 7 nitrogen and oxygen atoms in total. The van der Waals surface area contributed by atoms with Crippen molar-refractivity contribution in [1.82, 2.24) is 9.55 Å². The lowest BCUT2D eigenvalue weighted by Crippen LogP contribution is -2.38. The van der Waals surface area contributed by atoms with Crippen LogP contribution in [0.4, 0.5) is 5.82 Å². The summed E-state index contributed by atoms with van der Waals surface area (Å²) in [5.41, 5.74) is 6.12. The van der Waals surface area contributed by atoms with Gasteiger partial charge in [-0.05, 0) is 24.7 Å². The first-order valence-electron chi connectivity index (χ1n) is 10.0. The van der Waals surface area contributed by atoms with Gasteiger partial charge in [0.15, 0.2) is 0 Å². The molecule has 0 radical (unpaired) electrons. The highest BCUT2D eigenvalue weighted by molar-refractivity contribution is 8.93. The van der Waals surface area contributed by atoms with Gasteiger partial charge in [0.1, 0.15) is 16.4 Å². The lowest BCUT2D eigenvalue weighted by atomic mass is 9.77. The van der Waals surface area contributed by atoms with Crippen LogP contribution in [0.15, 0.2) is 29.3 Å². The van der Waals surface area contributed by atoms with E-state index in [9.17, 15) is 14.7 Å². The number of aromatic carboxylic acids is 1. The molecule has 1 saturated heterocycles. The molecule has 0 aromatic carbocycles. The smallest absolute Gasteiger partial charge is 0.341 e. The molecule has 2 fully saturated rings. The maximum atomic E-state index is 12.7. The second-order valence-electron chi connectivity index (χ2n) is 8.53. The highest BCUT2D eigenvalue weighted by atomic mass is 79.9. The van der Waals surface area contributed by atoms with Gasteiger partial charge in [-0.15, -0.1) is 17.0 Å². The minimum absolute atomic E-state index is 0. The Labute approximate surface area is 189 Å². The normalized spacial score (nSPS) is 27.8. The first kappa shape index (κ1) is 21.3. The van der Waals surface area contributed by atoms with Crippen LogP contribution in [0.5, 0.6) is 0 Å². The largest absolute Gasteiger partial charge is 0.477 e. The Morgan fingerprint density at radius 3 is 2.60 bits per heavy atom. The first-order valence-corrected chi connectivity index (χ1v) is 10.4. The number of fused-ring (bicyclic) bond motifs is 2. The van der Waals surface area contributed by atoms with Gasteiger partial charge in [-0.3, -0.25) is 4.79 Å². The number of carbonyl (C=O) groups is 1. The first-order chi connectivity index (χ1) is 13.9. The van der Waals surface area contributed by atoms with Gasteiger partial charge in [0.25, 0.3) is 0 Å².